The molecular formula is C13H27N. The van der Waals surface area contributed by atoms with Gasteiger partial charge in [-0.15, -0.1) is 0 Å². The van der Waals surface area contributed by atoms with Gasteiger partial charge >= 0.3 is 0 Å². The summed E-state index contributed by atoms with van der Waals surface area (Å²) in [6.07, 6.45) is 10.2. The Morgan fingerprint density at radius 2 is 1.86 bits per heavy atom. The molecule has 0 spiro atoms. The van der Waals surface area contributed by atoms with E-state index in [2.05, 4.69) is 25.9 Å². The van der Waals surface area contributed by atoms with Crippen molar-refractivity contribution in [3.8, 4) is 0 Å². The fourth-order valence-corrected chi connectivity index (χ4v) is 2.84. The molecule has 0 aromatic heterocycles. The van der Waals surface area contributed by atoms with Crippen molar-refractivity contribution in [2.75, 3.05) is 20.6 Å². The van der Waals surface area contributed by atoms with Crippen LogP contribution in [0, 0.1) is 11.8 Å². The minimum absolute atomic E-state index is 0.979. The average molecular weight is 197 g/mol. The summed E-state index contributed by atoms with van der Waals surface area (Å²) in [5.41, 5.74) is 0. The van der Waals surface area contributed by atoms with E-state index >= 15 is 0 Å². The van der Waals surface area contributed by atoms with Gasteiger partial charge < -0.3 is 4.90 Å². The number of nitrogens with zero attached hydrogens (tertiary/aromatic N) is 1. The Kier molecular flexibility index (Phi) is 5.54. The minimum Gasteiger partial charge on any atom is -0.309 e. The molecule has 1 aliphatic carbocycles. The summed E-state index contributed by atoms with van der Waals surface area (Å²) in [4.78, 5) is 2.37. The van der Waals surface area contributed by atoms with Gasteiger partial charge in [-0.2, -0.15) is 0 Å². The van der Waals surface area contributed by atoms with Gasteiger partial charge in [-0.3, -0.25) is 0 Å². The summed E-state index contributed by atoms with van der Waals surface area (Å²) in [5, 5.41) is 0. The first-order chi connectivity index (χ1) is 6.74. The normalized spacial score (nSPS) is 20.6. The molecule has 0 heterocycles. The lowest BCUT2D eigenvalue weighted by molar-refractivity contribution is 0.231. The number of hydrogen-bond acceptors (Lipinski definition) is 1. The number of unbranched alkanes of at least 4 members (excludes halogenated alkanes) is 1. The van der Waals surface area contributed by atoms with Crippen molar-refractivity contribution in [3.63, 3.8) is 0 Å². The third kappa shape index (κ3) is 4.00. The van der Waals surface area contributed by atoms with Gasteiger partial charge in [0, 0.05) is 6.54 Å². The lowest BCUT2D eigenvalue weighted by atomic mass is 9.86. The third-order valence-electron chi connectivity index (χ3n) is 3.59. The van der Waals surface area contributed by atoms with Crippen LogP contribution in [0.1, 0.15) is 51.9 Å². The molecule has 1 fully saturated rings. The summed E-state index contributed by atoms with van der Waals surface area (Å²) in [6.45, 7) is 3.62. The lowest BCUT2D eigenvalue weighted by Crippen LogP contribution is -2.26. The van der Waals surface area contributed by atoms with E-state index in [-0.39, 0.29) is 0 Å². The van der Waals surface area contributed by atoms with E-state index in [0.717, 1.165) is 11.8 Å². The smallest absolute Gasteiger partial charge is 0.000621 e. The first-order valence-electron chi connectivity index (χ1n) is 6.38. The Morgan fingerprint density at radius 3 is 2.36 bits per heavy atom. The Morgan fingerprint density at radius 1 is 1.21 bits per heavy atom. The monoisotopic (exact) mass is 197 g/mol. The van der Waals surface area contributed by atoms with Crippen LogP contribution in [0.15, 0.2) is 0 Å². The molecule has 0 radical (unpaired) electrons. The zero-order chi connectivity index (χ0) is 10.4. The van der Waals surface area contributed by atoms with Crippen molar-refractivity contribution in [1.29, 1.82) is 0 Å². The molecule has 84 valence electrons. The molecule has 0 aromatic carbocycles. The van der Waals surface area contributed by atoms with E-state index in [1.807, 2.05) is 0 Å². The minimum atomic E-state index is 0.979. The highest BCUT2D eigenvalue weighted by Gasteiger charge is 2.24. The Labute approximate surface area is 89.9 Å². The van der Waals surface area contributed by atoms with Crippen molar-refractivity contribution in [1.82, 2.24) is 4.90 Å². The average Bonchev–Trinajstić information content (AvgIpc) is 2.64. The summed E-state index contributed by atoms with van der Waals surface area (Å²) in [6, 6.07) is 0. The maximum atomic E-state index is 2.37. The van der Waals surface area contributed by atoms with Crippen molar-refractivity contribution in [2.24, 2.45) is 11.8 Å². The first kappa shape index (κ1) is 12.0. The molecule has 0 saturated heterocycles. The number of hydrogen-bond donors (Lipinski definition) is 0. The second-order valence-electron chi connectivity index (χ2n) is 5.21. The van der Waals surface area contributed by atoms with Crippen LogP contribution >= 0.6 is 0 Å². The molecule has 1 saturated carbocycles. The topological polar surface area (TPSA) is 3.24 Å². The van der Waals surface area contributed by atoms with Crippen LogP contribution in [0.2, 0.25) is 0 Å². The van der Waals surface area contributed by atoms with Gasteiger partial charge in [0.25, 0.3) is 0 Å². The van der Waals surface area contributed by atoms with E-state index in [0.29, 0.717) is 0 Å². The fraction of sp³-hybridized carbons (Fsp3) is 1.00. The summed E-state index contributed by atoms with van der Waals surface area (Å²) >= 11 is 0. The molecule has 1 heteroatoms. The molecule has 0 amide bonds. The van der Waals surface area contributed by atoms with Gasteiger partial charge in [-0.1, -0.05) is 45.4 Å². The second-order valence-corrected chi connectivity index (χ2v) is 5.21. The third-order valence-corrected chi connectivity index (χ3v) is 3.59. The van der Waals surface area contributed by atoms with Crippen LogP contribution in [0.25, 0.3) is 0 Å². The van der Waals surface area contributed by atoms with Gasteiger partial charge in [0.15, 0.2) is 0 Å². The van der Waals surface area contributed by atoms with Crippen LogP contribution in [0.5, 0.6) is 0 Å². The van der Waals surface area contributed by atoms with Crippen LogP contribution in [0.3, 0.4) is 0 Å². The molecule has 0 N–H and O–H groups in total. The Balaban J connectivity index is 2.34. The molecule has 1 unspecified atom stereocenters. The standard InChI is InChI=1S/C13H27N/c1-4-5-8-13(11-14(2)3)12-9-6-7-10-12/h12-13H,4-11H2,1-3H3. The maximum absolute atomic E-state index is 2.37. The van der Waals surface area contributed by atoms with Crippen LogP contribution in [-0.4, -0.2) is 25.5 Å². The van der Waals surface area contributed by atoms with Crippen LogP contribution < -0.4 is 0 Å². The van der Waals surface area contributed by atoms with Crippen LogP contribution in [-0.2, 0) is 0 Å². The van der Waals surface area contributed by atoms with Crippen molar-refractivity contribution < 1.29 is 0 Å². The van der Waals surface area contributed by atoms with E-state index in [9.17, 15) is 0 Å². The molecule has 0 bridgehead atoms. The molecule has 1 nitrogen and oxygen atoms in total. The lowest BCUT2D eigenvalue weighted by Gasteiger charge is -2.26. The SMILES string of the molecule is CCCCC(CN(C)C)C1CCCC1. The van der Waals surface area contributed by atoms with E-state index < -0.39 is 0 Å². The predicted molar refractivity (Wildman–Crippen MR) is 63.5 cm³/mol. The predicted octanol–water partition coefficient (Wildman–Crippen LogP) is 3.54. The maximum Gasteiger partial charge on any atom is 0.000621 e. The summed E-state index contributed by atoms with van der Waals surface area (Å²) in [7, 11) is 4.43. The van der Waals surface area contributed by atoms with E-state index in [1.165, 1.54) is 51.5 Å². The zero-order valence-corrected chi connectivity index (χ0v) is 10.3. The molecule has 1 atom stereocenters. The van der Waals surface area contributed by atoms with Gasteiger partial charge in [-0.05, 0) is 32.4 Å². The first-order valence-corrected chi connectivity index (χ1v) is 6.38. The quantitative estimate of drug-likeness (QED) is 0.629. The Bertz CT molecular complexity index is 136. The van der Waals surface area contributed by atoms with Crippen molar-refractivity contribution in [3.05, 3.63) is 0 Å². The molecule has 1 rings (SSSR count). The fourth-order valence-electron chi connectivity index (χ4n) is 2.84. The molecule has 1 aliphatic rings. The highest BCUT2D eigenvalue weighted by atomic mass is 15.1. The van der Waals surface area contributed by atoms with Crippen molar-refractivity contribution in [2.45, 2.75) is 51.9 Å². The van der Waals surface area contributed by atoms with Gasteiger partial charge in [0.05, 0.1) is 0 Å². The molecular weight excluding hydrogens is 170 g/mol. The highest BCUT2D eigenvalue weighted by Crippen LogP contribution is 2.34. The van der Waals surface area contributed by atoms with Gasteiger partial charge in [0.1, 0.15) is 0 Å². The van der Waals surface area contributed by atoms with Crippen LogP contribution in [0.4, 0.5) is 0 Å². The van der Waals surface area contributed by atoms with E-state index in [1.54, 1.807) is 0 Å². The summed E-state index contributed by atoms with van der Waals surface area (Å²) in [5.74, 6) is 2.02. The van der Waals surface area contributed by atoms with Crippen molar-refractivity contribution >= 4 is 0 Å². The second kappa shape index (κ2) is 6.44. The van der Waals surface area contributed by atoms with Gasteiger partial charge in [0.2, 0.25) is 0 Å². The zero-order valence-electron chi connectivity index (χ0n) is 10.3. The number of rotatable bonds is 6. The van der Waals surface area contributed by atoms with E-state index in [4.69, 9.17) is 0 Å². The van der Waals surface area contributed by atoms with Gasteiger partial charge in [-0.25, -0.2) is 0 Å². The molecule has 0 aromatic rings. The summed E-state index contributed by atoms with van der Waals surface area (Å²) < 4.78 is 0. The Hall–Kier alpha value is -0.0400. The highest BCUT2D eigenvalue weighted by molar-refractivity contribution is 4.76. The molecule has 14 heavy (non-hydrogen) atoms. The molecule has 0 aliphatic heterocycles. The largest absolute Gasteiger partial charge is 0.309 e.